The molecule has 7 nitrogen and oxygen atoms in total. The fourth-order valence-corrected chi connectivity index (χ4v) is 6.66. The third kappa shape index (κ3) is 4.60. The van der Waals surface area contributed by atoms with Crippen molar-refractivity contribution in [1.82, 2.24) is 0 Å². The van der Waals surface area contributed by atoms with Crippen molar-refractivity contribution in [2.75, 3.05) is 5.32 Å². The van der Waals surface area contributed by atoms with Crippen LogP contribution in [0.2, 0.25) is 10.0 Å². The number of nitrogens with one attached hydrogen (secondary N) is 1. The van der Waals surface area contributed by atoms with E-state index in [0.29, 0.717) is 5.56 Å². The summed E-state index contributed by atoms with van der Waals surface area (Å²) in [6.07, 6.45) is -1.35. The molecule has 4 N–H and O–H groups in total. The molecular weight excluding hydrogens is 483 g/mol. The van der Waals surface area contributed by atoms with Gasteiger partial charge >= 0.3 is 0 Å². The summed E-state index contributed by atoms with van der Waals surface area (Å²) in [5, 5.41) is 12.1. The first-order chi connectivity index (χ1) is 14.5. The zero-order valence-corrected chi connectivity index (χ0v) is 19.1. The topological polar surface area (TPSA) is 127 Å². The van der Waals surface area contributed by atoms with Gasteiger partial charge in [-0.25, -0.2) is 8.42 Å². The van der Waals surface area contributed by atoms with Crippen LogP contribution < -0.4 is 11.1 Å². The lowest BCUT2D eigenvalue weighted by Gasteiger charge is -2.10. The molecule has 0 spiro atoms. The molecule has 1 aromatic heterocycles. The van der Waals surface area contributed by atoms with Crippen LogP contribution in [0.25, 0.3) is 11.1 Å². The molecule has 0 bridgehead atoms. The van der Waals surface area contributed by atoms with Crippen LogP contribution in [0.15, 0.2) is 57.6 Å². The van der Waals surface area contributed by atoms with E-state index in [4.69, 9.17) is 28.9 Å². The number of carbonyl (C=O) groups is 2. The summed E-state index contributed by atoms with van der Waals surface area (Å²) in [7, 11) is -4.17. The van der Waals surface area contributed by atoms with Crippen LogP contribution in [0.4, 0.5) is 5.00 Å². The Hall–Kier alpha value is -2.43. The molecule has 1 heterocycles. The van der Waals surface area contributed by atoms with E-state index in [1.807, 2.05) is 0 Å². The van der Waals surface area contributed by atoms with Gasteiger partial charge < -0.3 is 16.2 Å². The number of benzene rings is 2. The van der Waals surface area contributed by atoms with Gasteiger partial charge in [-0.2, -0.15) is 0 Å². The monoisotopic (exact) mass is 498 g/mol. The number of primary amides is 1. The molecule has 3 rings (SSSR count). The van der Waals surface area contributed by atoms with Crippen molar-refractivity contribution >= 4 is 61.2 Å². The van der Waals surface area contributed by atoms with Crippen LogP contribution in [0.5, 0.6) is 0 Å². The van der Waals surface area contributed by atoms with E-state index in [1.54, 1.807) is 18.2 Å². The highest BCUT2D eigenvalue weighted by Crippen LogP contribution is 2.43. The second kappa shape index (κ2) is 8.97. The van der Waals surface area contributed by atoms with Gasteiger partial charge in [0.25, 0.3) is 5.91 Å². The summed E-state index contributed by atoms with van der Waals surface area (Å²) in [6.45, 7) is 1.27. The van der Waals surface area contributed by atoms with Crippen molar-refractivity contribution in [3.8, 4) is 11.1 Å². The highest BCUT2D eigenvalue weighted by atomic mass is 35.5. The molecule has 162 valence electrons. The zero-order valence-electron chi connectivity index (χ0n) is 15.9. The van der Waals surface area contributed by atoms with Gasteiger partial charge in [-0.3, -0.25) is 9.59 Å². The molecule has 11 heteroatoms. The van der Waals surface area contributed by atoms with Crippen LogP contribution in [0.1, 0.15) is 17.3 Å². The Kier molecular flexibility index (Phi) is 6.73. The summed E-state index contributed by atoms with van der Waals surface area (Å²) in [5.41, 5.74) is 6.15. The minimum Gasteiger partial charge on any atom is -0.384 e. The van der Waals surface area contributed by atoms with Gasteiger partial charge in [-0.15, -0.1) is 11.3 Å². The van der Waals surface area contributed by atoms with E-state index < -0.39 is 27.8 Å². The number of aliphatic hydroxyl groups is 1. The van der Waals surface area contributed by atoms with Gasteiger partial charge in [-0.1, -0.05) is 47.5 Å². The Morgan fingerprint density at radius 3 is 2.26 bits per heavy atom. The number of sulfone groups is 1. The highest BCUT2D eigenvalue weighted by Gasteiger charge is 2.29. The van der Waals surface area contributed by atoms with E-state index in [-0.39, 0.29) is 35.3 Å². The molecule has 0 aliphatic carbocycles. The maximum atomic E-state index is 13.3. The van der Waals surface area contributed by atoms with E-state index in [0.717, 1.165) is 11.3 Å². The standard InChI is InChI=1S/C20H16Cl2N2O5S2/c1-10(25)19(27)24-20-13(11-5-2-3-6-12(11)18(23)26)9-16(30-20)31(28,29)17-14(21)7-4-8-15(17)22/h2-10,25H,1H3,(H2,23,26)(H,24,27). The van der Waals surface area contributed by atoms with Gasteiger partial charge in [0, 0.05) is 11.1 Å². The van der Waals surface area contributed by atoms with Gasteiger partial charge in [-0.05, 0) is 36.8 Å². The minimum absolute atomic E-state index is 0.0606. The Labute approximate surface area is 192 Å². The lowest BCUT2D eigenvalue weighted by Crippen LogP contribution is -2.24. The van der Waals surface area contributed by atoms with Crippen LogP contribution in [0.3, 0.4) is 0 Å². The summed E-state index contributed by atoms with van der Waals surface area (Å²) in [6, 6.07) is 11.9. The van der Waals surface area contributed by atoms with Gasteiger partial charge in [0.05, 0.1) is 10.0 Å². The number of hydrogen-bond acceptors (Lipinski definition) is 6. The van der Waals surface area contributed by atoms with Gasteiger partial charge in [0.15, 0.2) is 0 Å². The van der Waals surface area contributed by atoms with Gasteiger partial charge in [0.2, 0.25) is 15.7 Å². The smallest absolute Gasteiger partial charge is 0.253 e. The lowest BCUT2D eigenvalue weighted by molar-refractivity contribution is -0.123. The molecule has 2 aromatic carbocycles. The third-order valence-electron chi connectivity index (χ3n) is 4.26. The molecule has 0 aliphatic rings. The molecule has 2 amide bonds. The summed E-state index contributed by atoms with van der Waals surface area (Å²) < 4.78 is 26.4. The molecule has 0 aliphatic heterocycles. The second-order valence-electron chi connectivity index (χ2n) is 6.44. The first-order valence-corrected chi connectivity index (χ1v) is 11.8. The summed E-state index contributed by atoms with van der Waals surface area (Å²) >= 11 is 12.9. The predicted octanol–water partition coefficient (Wildman–Crippen LogP) is 3.97. The van der Waals surface area contributed by atoms with Crippen LogP contribution >= 0.6 is 34.5 Å². The third-order valence-corrected chi connectivity index (χ3v) is 8.49. The Bertz CT molecular complexity index is 1270. The molecule has 1 atom stereocenters. The molecule has 3 aromatic rings. The fourth-order valence-electron chi connectivity index (χ4n) is 2.78. The largest absolute Gasteiger partial charge is 0.384 e. The maximum Gasteiger partial charge on any atom is 0.253 e. The van der Waals surface area contributed by atoms with Gasteiger partial charge in [0.1, 0.15) is 20.2 Å². The quantitative estimate of drug-likeness (QED) is 0.473. The zero-order chi connectivity index (χ0) is 22.9. The number of anilines is 1. The van der Waals surface area contributed by atoms with E-state index in [9.17, 15) is 23.1 Å². The second-order valence-corrected chi connectivity index (χ2v) is 10.4. The Morgan fingerprint density at radius 1 is 1.06 bits per heavy atom. The van der Waals surface area contributed by atoms with E-state index >= 15 is 0 Å². The van der Waals surface area contributed by atoms with Crippen LogP contribution in [-0.2, 0) is 14.6 Å². The average molecular weight is 499 g/mol. The first kappa shape index (κ1) is 23.2. The van der Waals surface area contributed by atoms with Crippen molar-refractivity contribution in [1.29, 1.82) is 0 Å². The summed E-state index contributed by atoms with van der Waals surface area (Å²) in [5.74, 6) is -1.48. The number of thiophene rings is 1. The van der Waals surface area contributed by atoms with Crippen molar-refractivity contribution in [2.24, 2.45) is 5.73 Å². The lowest BCUT2D eigenvalue weighted by atomic mass is 10.0. The first-order valence-electron chi connectivity index (χ1n) is 8.75. The number of amides is 2. The van der Waals surface area contributed by atoms with Crippen molar-refractivity contribution in [3.05, 3.63) is 64.1 Å². The van der Waals surface area contributed by atoms with Crippen LogP contribution in [-0.4, -0.2) is 31.4 Å². The number of halogens is 2. The van der Waals surface area contributed by atoms with Crippen molar-refractivity contribution in [2.45, 2.75) is 22.1 Å². The number of aliphatic hydroxyl groups excluding tert-OH is 1. The van der Waals surface area contributed by atoms with Crippen LogP contribution in [0, 0.1) is 0 Å². The molecule has 0 fully saturated rings. The normalized spacial score (nSPS) is 12.4. The number of hydrogen-bond donors (Lipinski definition) is 3. The predicted molar refractivity (Wildman–Crippen MR) is 120 cm³/mol. The van der Waals surface area contributed by atoms with E-state index in [1.165, 1.54) is 37.3 Å². The average Bonchev–Trinajstić information content (AvgIpc) is 3.12. The number of carbonyl (C=O) groups excluding carboxylic acids is 2. The Balaban J connectivity index is 2.26. The molecule has 0 radical (unpaired) electrons. The Morgan fingerprint density at radius 2 is 1.68 bits per heavy atom. The minimum atomic E-state index is -4.17. The molecular formula is C20H16Cl2N2O5S2. The SMILES string of the molecule is CC(O)C(=O)Nc1sc(S(=O)(=O)c2c(Cl)cccc2Cl)cc1-c1ccccc1C(N)=O. The molecule has 31 heavy (non-hydrogen) atoms. The van der Waals surface area contributed by atoms with Crippen molar-refractivity contribution in [3.63, 3.8) is 0 Å². The molecule has 0 saturated carbocycles. The molecule has 0 saturated heterocycles. The fraction of sp³-hybridized carbons (Fsp3) is 0.100. The number of nitrogens with two attached hydrogens (primary N) is 1. The highest BCUT2D eigenvalue weighted by molar-refractivity contribution is 7.93. The van der Waals surface area contributed by atoms with E-state index in [2.05, 4.69) is 5.32 Å². The summed E-state index contributed by atoms with van der Waals surface area (Å²) in [4.78, 5) is 23.7. The number of rotatable bonds is 6. The van der Waals surface area contributed by atoms with Crippen molar-refractivity contribution < 1.29 is 23.1 Å². The maximum absolute atomic E-state index is 13.3. The molecule has 1 unspecified atom stereocenters.